The van der Waals surface area contributed by atoms with E-state index in [1.807, 2.05) is 29.1 Å². The number of thiophene rings is 1. The molecular formula is C23H26IN5OS. The van der Waals surface area contributed by atoms with Crippen molar-refractivity contribution in [2.24, 2.45) is 4.99 Å². The van der Waals surface area contributed by atoms with Crippen molar-refractivity contribution in [2.45, 2.75) is 26.1 Å². The Morgan fingerprint density at radius 1 is 1.03 bits per heavy atom. The van der Waals surface area contributed by atoms with Crippen molar-refractivity contribution in [3.05, 3.63) is 100 Å². The molecule has 0 aliphatic carbocycles. The number of halogens is 1. The van der Waals surface area contributed by atoms with Crippen molar-refractivity contribution in [2.75, 3.05) is 6.54 Å². The second kappa shape index (κ2) is 12.3. The van der Waals surface area contributed by atoms with Crippen LogP contribution in [0, 0.1) is 0 Å². The normalized spacial score (nSPS) is 11.2. The molecule has 4 aromatic rings. The van der Waals surface area contributed by atoms with E-state index in [1.165, 1.54) is 16.0 Å². The number of furan rings is 1. The van der Waals surface area contributed by atoms with Crippen molar-refractivity contribution in [1.29, 1.82) is 0 Å². The molecule has 0 saturated heterocycles. The Labute approximate surface area is 203 Å². The monoisotopic (exact) mass is 547 g/mol. The summed E-state index contributed by atoms with van der Waals surface area (Å²) in [7, 11) is 0. The van der Waals surface area contributed by atoms with Gasteiger partial charge in [0.15, 0.2) is 5.96 Å². The van der Waals surface area contributed by atoms with Crippen LogP contribution in [0.3, 0.4) is 0 Å². The molecular weight excluding hydrogens is 521 g/mol. The maximum atomic E-state index is 5.42. The summed E-state index contributed by atoms with van der Waals surface area (Å²) in [5.74, 6) is 1.76. The number of benzene rings is 1. The molecule has 8 heteroatoms. The fourth-order valence-corrected chi connectivity index (χ4v) is 3.76. The molecule has 0 unspecified atom stereocenters. The number of hydrogen-bond donors (Lipinski definition) is 2. The Kier molecular flexibility index (Phi) is 9.16. The molecule has 3 aromatic heterocycles. The zero-order valence-electron chi connectivity index (χ0n) is 17.1. The van der Waals surface area contributed by atoms with Crippen LogP contribution >= 0.6 is 35.3 Å². The smallest absolute Gasteiger partial charge is 0.191 e. The predicted molar refractivity (Wildman–Crippen MR) is 136 cm³/mol. The molecule has 1 aromatic carbocycles. The quantitative estimate of drug-likeness (QED) is 0.182. The van der Waals surface area contributed by atoms with E-state index in [4.69, 9.17) is 9.41 Å². The van der Waals surface area contributed by atoms with Crippen LogP contribution in [0.2, 0.25) is 0 Å². The molecule has 0 bridgehead atoms. The second-order valence-electron chi connectivity index (χ2n) is 6.83. The molecule has 0 atom stereocenters. The SMILES string of the molecule is I.c1coc(CCNC(=NCc2ccccc2Cn2cccn2)NCc2cccs2)c1. The Morgan fingerprint density at radius 2 is 1.94 bits per heavy atom. The van der Waals surface area contributed by atoms with Gasteiger partial charge in [0.1, 0.15) is 5.76 Å². The largest absolute Gasteiger partial charge is 0.469 e. The van der Waals surface area contributed by atoms with Gasteiger partial charge in [-0.2, -0.15) is 5.10 Å². The fraction of sp³-hybridized carbons (Fsp3) is 0.217. The van der Waals surface area contributed by atoms with Gasteiger partial charge in [-0.25, -0.2) is 4.99 Å². The van der Waals surface area contributed by atoms with Crippen LogP contribution in [0.15, 0.2) is 88.0 Å². The summed E-state index contributed by atoms with van der Waals surface area (Å²) in [6.45, 7) is 2.83. The molecule has 0 radical (unpaired) electrons. The Hall–Kier alpha value is -2.59. The highest BCUT2D eigenvalue weighted by Gasteiger charge is 2.05. The van der Waals surface area contributed by atoms with E-state index in [-0.39, 0.29) is 24.0 Å². The molecule has 0 spiro atoms. The summed E-state index contributed by atoms with van der Waals surface area (Å²) >= 11 is 1.74. The lowest BCUT2D eigenvalue weighted by Gasteiger charge is -2.13. The fourth-order valence-electron chi connectivity index (χ4n) is 3.12. The van der Waals surface area contributed by atoms with Gasteiger partial charge in [0.25, 0.3) is 0 Å². The molecule has 0 aliphatic rings. The number of aliphatic imine (C=N–C) groups is 1. The van der Waals surface area contributed by atoms with E-state index < -0.39 is 0 Å². The molecule has 0 amide bonds. The average Bonchev–Trinajstić information content (AvgIpc) is 3.55. The van der Waals surface area contributed by atoms with Crippen LogP contribution in [0.5, 0.6) is 0 Å². The summed E-state index contributed by atoms with van der Waals surface area (Å²) in [4.78, 5) is 6.11. The highest BCUT2D eigenvalue weighted by atomic mass is 127. The van der Waals surface area contributed by atoms with Gasteiger partial charge in [-0.1, -0.05) is 30.3 Å². The van der Waals surface area contributed by atoms with Gasteiger partial charge in [-0.3, -0.25) is 4.68 Å². The number of rotatable bonds is 9. The first-order valence-corrected chi connectivity index (χ1v) is 10.9. The van der Waals surface area contributed by atoms with E-state index in [0.29, 0.717) is 6.54 Å². The zero-order valence-corrected chi connectivity index (χ0v) is 20.3. The van der Waals surface area contributed by atoms with E-state index >= 15 is 0 Å². The van der Waals surface area contributed by atoms with Gasteiger partial charge >= 0.3 is 0 Å². The molecule has 4 rings (SSSR count). The van der Waals surface area contributed by atoms with Crippen molar-refractivity contribution in [3.8, 4) is 0 Å². The van der Waals surface area contributed by atoms with Gasteiger partial charge in [-0.15, -0.1) is 35.3 Å². The molecule has 162 valence electrons. The minimum Gasteiger partial charge on any atom is -0.469 e. The maximum Gasteiger partial charge on any atom is 0.191 e. The van der Waals surface area contributed by atoms with Crippen LogP contribution in [0.1, 0.15) is 21.8 Å². The van der Waals surface area contributed by atoms with Gasteiger partial charge < -0.3 is 15.1 Å². The molecule has 3 heterocycles. The number of nitrogens with one attached hydrogen (secondary N) is 2. The van der Waals surface area contributed by atoms with Gasteiger partial charge in [0.2, 0.25) is 0 Å². The van der Waals surface area contributed by atoms with E-state index in [9.17, 15) is 0 Å². The average molecular weight is 547 g/mol. The van der Waals surface area contributed by atoms with Crippen LogP contribution in [-0.2, 0) is 26.1 Å². The van der Waals surface area contributed by atoms with E-state index in [2.05, 4.69) is 57.5 Å². The number of aromatic nitrogens is 2. The molecule has 6 nitrogen and oxygen atoms in total. The Bertz CT molecular complexity index is 1030. The minimum atomic E-state index is 0. The van der Waals surface area contributed by atoms with Crippen LogP contribution < -0.4 is 10.6 Å². The third-order valence-electron chi connectivity index (χ3n) is 4.67. The topological polar surface area (TPSA) is 67.4 Å². The minimum absolute atomic E-state index is 0. The lowest BCUT2D eigenvalue weighted by molar-refractivity contribution is 0.506. The molecule has 31 heavy (non-hydrogen) atoms. The summed E-state index contributed by atoms with van der Waals surface area (Å²) < 4.78 is 7.35. The van der Waals surface area contributed by atoms with Crippen LogP contribution in [0.4, 0.5) is 0 Å². The molecule has 2 N–H and O–H groups in total. The van der Waals surface area contributed by atoms with Crippen molar-refractivity contribution >= 4 is 41.3 Å². The van der Waals surface area contributed by atoms with E-state index in [1.54, 1.807) is 23.8 Å². The second-order valence-corrected chi connectivity index (χ2v) is 7.86. The highest BCUT2D eigenvalue weighted by molar-refractivity contribution is 14.0. The lowest BCUT2D eigenvalue weighted by atomic mass is 10.1. The third kappa shape index (κ3) is 7.25. The van der Waals surface area contributed by atoms with Gasteiger partial charge in [0.05, 0.1) is 25.9 Å². The molecule has 0 fully saturated rings. The zero-order chi connectivity index (χ0) is 20.4. The van der Waals surface area contributed by atoms with Crippen molar-refractivity contribution < 1.29 is 4.42 Å². The van der Waals surface area contributed by atoms with Crippen LogP contribution in [0.25, 0.3) is 0 Å². The lowest BCUT2D eigenvalue weighted by Crippen LogP contribution is -2.38. The number of hydrogen-bond acceptors (Lipinski definition) is 4. The standard InChI is InChI=1S/C23H25N5OS.HI/c1-2-7-20(18-28-13-5-11-27-28)19(6-1)16-25-23(26-17-22-9-4-15-30-22)24-12-10-21-8-3-14-29-21;/h1-9,11,13-15H,10,12,16-18H2,(H2,24,25,26);1H. The molecule has 0 saturated carbocycles. The van der Waals surface area contributed by atoms with Crippen LogP contribution in [-0.4, -0.2) is 22.3 Å². The Morgan fingerprint density at radius 3 is 2.68 bits per heavy atom. The first-order chi connectivity index (χ1) is 14.9. The van der Waals surface area contributed by atoms with Gasteiger partial charge in [0, 0.05) is 30.2 Å². The first kappa shape index (κ1) is 23.1. The highest BCUT2D eigenvalue weighted by Crippen LogP contribution is 2.12. The van der Waals surface area contributed by atoms with Crippen molar-refractivity contribution in [3.63, 3.8) is 0 Å². The predicted octanol–water partition coefficient (Wildman–Crippen LogP) is 4.68. The summed E-state index contributed by atoms with van der Waals surface area (Å²) in [6, 6.07) is 18.4. The first-order valence-electron chi connectivity index (χ1n) is 9.98. The Balaban J connectivity index is 0.00000272. The number of nitrogens with zero attached hydrogens (tertiary/aromatic N) is 3. The summed E-state index contributed by atoms with van der Waals surface area (Å²) in [5.41, 5.74) is 2.41. The van der Waals surface area contributed by atoms with Gasteiger partial charge in [-0.05, 0) is 40.8 Å². The summed E-state index contributed by atoms with van der Waals surface area (Å²) in [6.07, 6.45) is 6.29. The number of guanidine groups is 1. The maximum absolute atomic E-state index is 5.42. The van der Waals surface area contributed by atoms with Crippen molar-refractivity contribution in [1.82, 2.24) is 20.4 Å². The molecule has 0 aliphatic heterocycles. The van der Waals surface area contributed by atoms with E-state index in [0.717, 1.165) is 37.8 Å². The summed E-state index contributed by atoms with van der Waals surface area (Å²) in [5, 5.41) is 13.3. The third-order valence-corrected chi connectivity index (χ3v) is 5.55.